The predicted octanol–water partition coefficient (Wildman–Crippen LogP) is 2.47. The van der Waals surface area contributed by atoms with Gasteiger partial charge >= 0.3 is 0 Å². The molecule has 2 saturated heterocycles. The van der Waals surface area contributed by atoms with E-state index in [0.29, 0.717) is 25.6 Å². The monoisotopic (exact) mass is 360 g/mol. The van der Waals surface area contributed by atoms with Gasteiger partial charge in [0.1, 0.15) is 5.82 Å². The highest BCUT2D eigenvalue weighted by molar-refractivity contribution is 7.88. The third kappa shape index (κ3) is 3.47. The number of halogens is 1. The van der Waals surface area contributed by atoms with Crippen molar-refractivity contribution in [2.24, 2.45) is 5.92 Å². The summed E-state index contributed by atoms with van der Waals surface area (Å²) in [5, 5.41) is 0. The van der Waals surface area contributed by atoms with Gasteiger partial charge in [0.15, 0.2) is 0 Å². The molecular formula is C19H21FN2O2S. The Labute approximate surface area is 147 Å². The first-order chi connectivity index (χ1) is 12.0. The Kier molecular flexibility index (Phi) is 4.35. The van der Waals surface area contributed by atoms with Crippen LogP contribution < -0.4 is 0 Å². The van der Waals surface area contributed by atoms with Gasteiger partial charge in [0.05, 0.1) is 5.75 Å². The lowest BCUT2D eigenvalue weighted by Gasteiger charge is -2.43. The van der Waals surface area contributed by atoms with Crippen LogP contribution in [-0.4, -0.2) is 43.3 Å². The Balaban J connectivity index is 1.40. The van der Waals surface area contributed by atoms with Crippen LogP contribution in [-0.2, 0) is 22.3 Å². The van der Waals surface area contributed by atoms with Gasteiger partial charge in [-0.05, 0) is 23.3 Å². The molecule has 2 heterocycles. The molecule has 2 aliphatic rings. The molecule has 6 heteroatoms. The average Bonchev–Trinajstić information content (AvgIpc) is 2.91. The van der Waals surface area contributed by atoms with Crippen molar-refractivity contribution in [2.45, 2.75) is 18.3 Å². The maximum absolute atomic E-state index is 13.3. The zero-order valence-corrected chi connectivity index (χ0v) is 14.7. The molecule has 2 fully saturated rings. The first-order valence-corrected chi connectivity index (χ1v) is 10.1. The second-order valence-electron chi connectivity index (χ2n) is 6.95. The van der Waals surface area contributed by atoms with Crippen LogP contribution in [0.4, 0.5) is 4.39 Å². The highest BCUT2D eigenvalue weighted by Crippen LogP contribution is 2.35. The van der Waals surface area contributed by atoms with Crippen LogP contribution in [0.15, 0.2) is 54.6 Å². The summed E-state index contributed by atoms with van der Waals surface area (Å²) >= 11 is 0. The number of likely N-dealkylation sites (tertiary alicyclic amines) is 1. The van der Waals surface area contributed by atoms with Crippen molar-refractivity contribution in [3.8, 4) is 0 Å². The lowest BCUT2D eigenvalue weighted by atomic mass is 9.91. The number of hydrogen-bond donors (Lipinski definition) is 0. The maximum Gasteiger partial charge on any atom is 0.218 e. The van der Waals surface area contributed by atoms with Crippen LogP contribution in [0.1, 0.15) is 11.1 Å². The van der Waals surface area contributed by atoms with Gasteiger partial charge in [-0.3, -0.25) is 4.90 Å². The van der Waals surface area contributed by atoms with E-state index in [1.807, 2.05) is 36.4 Å². The largest absolute Gasteiger partial charge is 0.294 e. The molecule has 4 nitrogen and oxygen atoms in total. The fourth-order valence-electron chi connectivity index (χ4n) is 3.86. The lowest BCUT2D eigenvalue weighted by Crippen LogP contribution is -2.54. The quantitative estimate of drug-likeness (QED) is 0.822. The summed E-state index contributed by atoms with van der Waals surface area (Å²) in [5.41, 5.74) is 1.75. The van der Waals surface area contributed by atoms with Crippen LogP contribution in [0.5, 0.6) is 0 Å². The van der Waals surface area contributed by atoms with E-state index in [1.54, 1.807) is 16.4 Å². The number of hydrogen-bond acceptors (Lipinski definition) is 3. The van der Waals surface area contributed by atoms with Crippen molar-refractivity contribution in [1.82, 2.24) is 9.21 Å². The second-order valence-corrected chi connectivity index (χ2v) is 8.91. The van der Waals surface area contributed by atoms with Crippen molar-refractivity contribution in [3.63, 3.8) is 0 Å². The Morgan fingerprint density at radius 3 is 2.48 bits per heavy atom. The number of fused-ring (bicyclic) bond motifs is 1. The molecule has 0 bridgehead atoms. The van der Waals surface area contributed by atoms with Crippen molar-refractivity contribution in [2.75, 3.05) is 19.6 Å². The summed E-state index contributed by atoms with van der Waals surface area (Å²) in [5.74, 6) is 0.212. The molecule has 25 heavy (non-hydrogen) atoms. The fraction of sp³-hybridized carbons (Fsp3) is 0.368. The molecular weight excluding hydrogens is 339 g/mol. The van der Waals surface area contributed by atoms with E-state index >= 15 is 0 Å². The smallest absolute Gasteiger partial charge is 0.218 e. The normalized spacial score (nSPS) is 24.0. The third-order valence-corrected chi connectivity index (χ3v) is 6.95. The molecule has 0 N–H and O–H groups in total. The van der Waals surface area contributed by atoms with Crippen molar-refractivity contribution in [1.29, 1.82) is 0 Å². The highest BCUT2D eigenvalue weighted by Gasteiger charge is 2.48. The molecule has 0 aliphatic carbocycles. The van der Waals surface area contributed by atoms with E-state index in [9.17, 15) is 12.8 Å². The predicted molar refractivity (Wildman–Crippen MR) is 94.7 cm³/mol. The zero-order chi connectivity index (χ0) is 17.4. The van der Waals surface area contributed by atoms with Crippen LogP contribution in [0.2, 0.25) is 0 Å². The molecule has 2 aliphatic heterocycles. The minimum absolute atomic E-state index is 0.0528. The van der Waals surface area contributed by atoms with E-state index in [4.69, 9.17) is 0 Å². The van der Waals surface area contributed by atoms with Gasteiger partial charge in [0, 0.05) is 38.1 Å². The number of sulfonamides is 1. The number of nitrogens with zero attached hydrogens (tertiary/aromatic N) is 2. The van der Waals surface area contributed by atoms with Crippen LogP contribution in [0, 0.1) is 11.7 Å². The third-order valence-electron chi connectivity index (χ3n) is 5.17. The van der Waals surface area contributed by atoms with E-state index in [0.717, 1.165) is 17.7 Å². The first kappa shape index (κ1) is 16.7. The summed E-state index contributed by atoms with van der Waals surface area (Å²) in [4.78, 5) is 2.25. The molecule has 2 aromatic rings. The van der Waals surface area contributed by atoms with E-state index in [-0.39, 0.29) is 17.6 Å². The molecule has 2 atom stereocenters. The lowest BCUT2D eigenvalue weighted by molar-refractivity contribution is 0.0434. The topological polar surface area (TPSA) is 40.6 Å². The Hall–Kier alpha value is -1.76. The van der Waals surface area contributed by atoms with Gasteiger partial charge in [-0.25, -0.2) is 12.8 Å². The van der Waals surface area contributed by atoms with E-state index in [1.165, 1.54) is 6.07 Å². The van der Waals surface area contributed by atoms with Gasteiger partial charge in [-0.1, -0.05) is 42.5 Å². The molecule has 0 aromatic heterocycles. The van der Waals surface area contributed by atoms with E-state index < -0.39 is 10.0 Å². The Morgan fingerprint density at radius 1 is 0.960 bits per heavy atom. The number of benzene rings is 2. The van der Waals surface area contributed by atoms with Crippen molar-refractivity contribution < 1.29 is 12.8 Å². The van der Waals surface area contributed by atoms with Crippen LogP contribution >= 0.6 is 0 Å². The molecule has 2 aromatic carbocycles. The first-order valence-electron chi connectivity index (χ1n) is 8.51. The van der Waals surface area contributed by atoms with Crippen LogP contribution in [0.25, 0.3) is 0 Å². The summed E-state index contributed by atoms with van der Waals surface area (Å²) < 4.78 is 40.3. The Bertz CT molecular complexity index is 857. The van der Waals surface area contributed by atoms with Gasteiger partial charge in [-0.2, -0.15) is 4.31 Å². The maximum atomic E-state index is 13.3. The average molecular weight is 360 g/mol. The molecule has 0 amide bonds. The molecule has 132 valence electrons. The van der Waals surface area contributed by atoms with Crippen molar-refractivity contribution in [3.05, 3.63) is 71.5 Å². The van der Waals surface area contributed by atoms with Gasteiger partial charge in [-0.15, -0.1) is 0 Å². The summed E-state index contributed by atoms with van der Waals surface area (Å²) in [7, 11) is -3.30. The fourth-order valence-corrected chi connectivity index (χ4v) is 5.46. The minimum atomic E-state index is -3.30. The van der Waals surface area contributed by atoms with Crippen molar-refractivity contribution >= 4 is 10.0 Å². The highest BCUT2D eigenvalue weighted by atomic mass is 32.2. The summed E-state index contributed by atoms with van der Waals surface area (Å²) in [6, 6.07) is 16.2. The SMILES string of the molecule is O=S(=O)(Cc1ccccc1)N1CC2CN(Cc3cccc(F)c3)C2C1. The standard InChI is InChI=1S/C19H21FN2O2S/c20-18-8-4-7-16(9-18)10-21-11-17-12-22(13-19(17)21)25(23,24)14-15-5-2-1-3-6-15/h1-9,17,19H,10-14H2. The van der Waals surface area contributed by atoms with Crippen LogP contribution in [0.3, 0.4) is 0 Å². The molecule has 0 radical (unpaired) electrons. The zero-order valence-electron chi connectivity index (χ0n) is 13.9. The minimum Gasteiger partial charge on any atom is -0.294 e. The van der Waals surface area contributed by atoms with Gasteiger partial charge in [0.25, 0.3) is 0 Å². The molecule has 2 unspecified atom stereocenters. The second kappa shape index (κ2) is 6.52. The molecule has 0 spiro atoms. The number of rotatable bonds is 5. The van der Waals surface area contributed by atoms with Gasteiger partial charge in [0.2, 0.25) is 10.0 Å². The summed E-state index contributed by atoms with van der Waals surface area (Å²) in [6.07, 6.45) is 0. The van der Waals surface area contributed by atoms with Gasteiger partial charge < -0.3 is 0 Å². The molecule has 0 saturated carbocycles. The Morgan fingerprint density at radius 2 is 1.72 bits per heavy atom. The summed E-state index contributed by atoms with van der Waals surface area (Å²) in [6.45, 7) is 2.68. The van der Waals surface area contributed by atoms with E-state index in [2.05, 4.69) is 4.90 Å². The molecule has 4 rings (SSSR count).